The van der Waals surface area contributed by atoms with Crippen LogP contribution in [-0.4, -0.2) is 26.9 Å². The summed E-state index contributed by atoms with van der Waals surface area (Å²) in [5.41, 5.74) is 4.43. The van der Waals surface area contributed by atoms with Crippen molar-refractivity contribution >= 4 is 17.4 Å². The van der Waals surface area contributed by atoms with Crippen LogP contribution in [0, 0.1) is 20.8 Å². The van der Waals surface area contributed by atoms with Gasteiger partial charge in [0.05, 0.1) is 6.20 Å². The van der Waals surface area contributed by atoms with Crippen LogP contribution in [0.15, 0.2) is 6.20 Å². The van der Waals surface area contributed by atoms with Gasteiger partial charge in [0.1, 0.15) is 0 Å². The molecule has 0 radical (unpaired) electrons. The van der Waals surface area contributed by atoms with Gasteiger partial charge in [-0.25, -0.2) is 0 Å². The lowest BCUT2D eigenvalue weighted by atomic mass is 10.1. The largest absolute Gasteiger partial charge is 0.368 e. The number of hydrogen-bond acceptors (Lipinski definition) is 4. The van der Waals surface area contributed by atoms with E-state index in [0.717, 1.165) is 42.0 Å². The molecule has 0 saturated carbocycles. The highest BCUT2D eigenvalue weighted by molar-refractivity contribution is 6.30. The SMILES string of the molecule is Cc1[nH]ncc1CCCNc1nnc(Cl)c(C)c1C. The van der Waals surface area contributed by atoms with Gasteiger partial charge in [0, 0.05) is 12.2 Å². The summed E-state index contributed by atoms with van der Waals surface area (Å²) in [6, 6.07) is 0. The quantitative estimate of drug-likeness (QED) is 0.826. The third-order valence-electron chi connectivity index (χ3n) is 3.31. The first-order chi connectivity index (χ1) is 9.09. The lowest BCUT2D eigenvalue weighted by Gasteiger charge is -2.10. The van der Waals surface area contributed by atoms with E-state index in [0.29, 0.717) is 5.15 Å². The Morgan fingerprint density at radius 2 is 2.00 bits per heavy atom. The Hall–Kier alpha value is -1.62. The van der Waals surface area contributed by atoms with Crippen molar-refractivity contribution in [3.8, 4) is 0 Å². The number of H-pyrrole nitrogens is 1. The molecule has 2 rings (SSSR count). The average Bonchev–Trinajstić information content (AvgIpc) is 2.80. The third kappa shape index (κ3) is 3.23. The summed E-state index contributed by atoms with van der Waals surface area (Å²) in [6.07, 6.45) is 3.89. The van der Waals surface area contributed by atoms with Crippen LogP contribution in [0.1, 0.15) is 28.8 Å². The number of aromatic nitrogens is 4. The Morgan fingerprint density at radius 1 is 1.21 bits per heavy atom. The first kappa shape index (κ1) is 13.8. The molecule has 19 heavy (non-hydrogen) atoms. The van der Waals surface area contributed by atoms with Crippen LogP contribution in [0.25, 0.3) is 0 Å². The zero-order valence-electron chi connectivity index (χ0n) is 11.4. The van der Waals surface area contributed by atoms with Crippen molar-refractivity contribution < 1.29 is 0 Å². The fourth-order valence-corrected chi connectivity index (χ4v) is 2.04. The molecular formula is C13H18ClN5. The van der Waals surface area contributed by atoms with E-state index in [9.17, 15) is 0 Å². The normalized spacial score (nSPS) is 10.7. The number of rotatable bonds is 5. The molecule has 6 heteroatoms. The van der Waals surface area contributed by atoms with Crippen molar-refractivity contribution in [1.29, 1.82) is 0 Å². The van der Waals surface area contributed by atoms with Gasteiger partial charge in [-0.2, -0.15) is 5.10 Å². The van der Waals surface area contributed by atoms with Gasteiger partial charge < -0.3 is 5.32 Å². The molecule has 0 aliphatic rings. The zero-order chi connectivity index (χ0) is 13.8. The summed E-state index contributed by atoms with van der Waals surface area (Å²) in [5.74, 6) is 0.811. The van der Waals surface area contributed by atoms with Gasteiger partial charge >= 0.3 is 0 Å². The monoisotopic (exact) mass is 279 g/mol. The van der Waals surface area contributed by atoms with E-state index < -0.39 is 0 Å². The maximum atomic E-state index is 5.92. The number of aryl methyl sites for hydroxylation is 2. The van der Waals surface area contributed by atoms with E-state index in [1.54, 1.807) is 0 Å². The Morgan fingerprint density at radius 3 is 2.68 bits per heavy atom. The number of aromatic amines is 1. The molecule has 0 bridgehead atoms. The minimum Gasteiger partial charge on any atom is -0.368 e. The highest BCUT2D eigenvalue weighted by atomic mass is 35.5. The average molecular weight is 280 g/mol. The van der Waals surface area contributed by atoms with E-state index in [1.807, 2.05) is 27.0 Å². The Bertz CT molecular complexity index is 564. The van der Waals surface area contributed by atoms with E-state index in [2.05, 4.69) is 25.7 Å². The predicted molar refractivity (Wildman–Crippen MR) is 76.7 cm³/mol. The maximum absolute atomic E-state index is 5.92. The second-order valence-corrected chi connectivity index (χ2v) is 5.00. The Balaban J connectivity index is 1.86. The molecule has 2 aromatic heterocycles. The Labute approximate surface area is 117 Å². The molecule has 0 saturated heterocycles. The van der Waals surface area contributed by atoms with Crippen LogP contribution < -0.4 is 5.32 Å². The first-order valence-corrected chi connectivity index (χ1v) is 6.69. The minimum absolute atomic E-state index is 0.470. The van der Waals surface area contributed by atoms with Crippen molar-refractivity contribution in [1.82, 2.24) is 20.4 Å². The summed E-state index contributed by atoms with van der Waals surface area (Å²) in [6.45, 7) is 6.83. The van der Waals surface area contributed by atoms with Crippen molar-refractivity contribution in [2.45, 2.75) is 33.6 Å². The molecule has 5 nitrogen and oxygen atoms in total. The van der Waals surface area contributed by atoms with Crippen molar-refractivity contribution in [2.24, 2.45) is 0 Å². The van der Waals surface area contributed by atoms with Crippen LogP contribution >= 0.6 is 11.6 Å². The molecule has 2 N–H and O–H groups in total. The van der Waals surface area contributed by atoms with E-state index in [4.69, 9.17) is 11.6 Å². The van der Waals surface area contributed by atoms with E-state index >= 15 is 0 Å². The molecule has 0 amide bonds. The number of anilines is 1. The molecule has 102 valence electrons. The zero-order valence-corrected chi connectivity index (χ0v) is 12.2. The van der Waals surface area contributed by atoms with Crippen molar-refractivity contribution in [2.75, 3.05) is 11.9 Å². The third-order valence-corrected chi connectivity index (χ3v) is 3.67. The van der Waals surface area contributed by atoms with Crippen LogP contribution in [0.2, 0.25) is 5.15 Å². The van der Waals surface area contributed by atoms with Gasteiger partial charge in [0.2, 0.25) is 0 Å². The summed E-state index contributed by atoms with van der Waals surface area (Å²) < 4.78 is 0. The second kappa shape index (κ2) is 6.02. The fraction of sp³-hybridized carbons (Fsp3) is 0.462. The van der Waals surface area contributed by atoms with Gasteiger partial charge in [-0.15, -0.1) is 10.2 Å². The number of nitrogens with one attached hydrogen (secondary N) is 2. The van der Waals surface area contributed by atoms with Crippen LogP contribution in [0.5, 0.6) is 0 Å². The van der Waals surface area contributed by atoms with Crippen LogP contribution in [-0.2, 0) is 6.42 Å². The predicted octanol–water partition coefficient (Wildman–Crippen LogP) is 2.82. The van der Waals surface area contributed by atoms with Gasteiger partial charge in [0.25, 0.3) is 0 Å². The fourth-order valence-electron chi connectivity index (χ4n) is 1.86. The number of halogens is 1. The molecule has 0 aromatic carbocycles. The van der Waals surface area contributed by atoms with Crippen LogP contribution in [0.3, 0.4) is 0 Å². The second-order valence-electron chi connectivity index (χ2n) is 4.64. The lowest BCUT2D eigenvalue weighted by Crippen LogP contribution is -2.08. The smallest absolute Gasteiger partial charge is 0.155 e. The van der Waals surface area contributed by atoms with E-state index in [-0.39, 0.29) is 0 Å². The standard InChI is InChI=1S/C13H18ClN5/c1-8-9(2)13(19-18-12(8)14)15-6-4-5-11-7-16-17-10(11)3/h7H,4-6H2,1-3H3,(H,15,19)(H,16,17). The molecule has 0 aliphatic carbocycles. The van der Waals surface area contributed by atoms with Crippen molar-refractivity contribution in [3.63, 3.8) is 0 Å². The molecule has 0 spiro atoms. The molecule has 2 aromatic rings. The van der Waals surface area contributed by atoms with Crippen molar-refractivity contribution in [3.05, 3.63) is 33.7 Å². The van der Waals surface area contributed by atoms with Gasteiger partial charge in [-0.3, -0.25) is 5.10 Å². The van der Waals surface area contributed by atoms with Crippen LogP contribution in [0.4, 0.5) is 5.82 Å². The number of hydrogen-bond donors (Lipinski definition) is 2. The molecule has 2 heterocycles. The summed E-state index contributed by atoms with van der Waals surface area (Å²) in [7, 11) is 0. The first-order valence-electron chi connectivity index (χ1n) is 6.31. The Kier molecular flexibility index (Phi) is 4.37. The summed E-state index contributed by atoms with van der Waals surface area (Å²) in [5, 5.41) is 18.7. The molecule has 0 aliphatic heterocycles. The minimum atomic E-state index is 0.470. The number of nitrogens with zero attached hydrogens (tertiary/aromatic N) is 3. The summed E-state index contributed by atoms with van der Waals surface area (Å²) in [4.78, 5) is 0. The maximum Gasteiger partial charge on any atom is 0.155 e. The topological polar surface area (TPSA) is 66.5 Å². The molecule has 0 fully saturated rings. The van der Waals surface area contributed by atoms with Gasteiger partial charge in [-0.1, -0.05) is 11.6 Å². The molecule has 0 unspecified atom stereocenters. The lowest BCUT2D eigenvalue weighted by molar-refractivity contribution is 0.845. The molecular weight excluding hydrogens is 262 g/mol. The molecule has 0 atom stereocenters. The summed E-state index contributed by atoms with van der Waals surface area (Å²) >= 11 is 5.92. The van der Waals surface area contributed by atoms with Gasteiger partial charge in [0.15, 0.2) is 11.0 Å². The highest BCUT2D eigenvalue weighted by Crippen LogP contribution is 2.20. The highest BCUT2D eigenvalue weighted by Gasteiger charge is 2.07. The van der Waals surface area contributed by atoms with Gasteiger partial charge in [-0.05, 0) is 50.3 Å². The van der Waals surface area contributed by atoms with E-state index in [1.165, 1.54) is 5.56 Å².